The Morgan fingerprint density at radius 1 is 0.952 bits per heavy atom. The maximum atomic E-state index is 3.74. The lowest BCUT2D eigenvalue weighted by Gasteiger charge is -2.44. The average Bonchev–Trinajstić information content (AvgIpc) is 2.47. The zero-order chi connectivity index (χ0) is 15.4. The normalized spacial score (nSPS) is 41.4. The van der Waals surface area contributed by atoms with Crippen molar-refractivity contribution in [3.63, 3.8) is 0 Å². The van der Waals surface area contributed by atoms with E-state index in [1.54, 1.807) is 0 Å². The van der Waals surface area contributed by atoms with Crippen molar-refractivity contribution in [2.75, 3.05) is 6.54 Å². The first-order valence-corrected chi connectivity index (χ1v) is 9.74. The maximum Gasteiger partial charge on any atom is 0.00104 e. The van der Waals surface area contributed by atoms with E-state index in [0.717, 1.165) is 35.5 Å². The van der Waals surface area contributed by atoms with Crippen LogP contribution in [0.4, 0.5) is 0 Å². The molecule has 0 saturated heterocycles. The zero-order valence-electron chi connectivity index (χ0n) is 15.2. The highest BCUT2D eigenvalue weighted by Crippen LogP contribution is 2.46. The van der Waals surface area contributed by atoms with E-state index in [-0.39, 0.29) is 0 Å². The summed E-state index contributed by atoms with van der Waals surface area (Å²) < 4.78 is 0. The molecule has 2 saturated carbocycles. The van der Waals surface area contributed by atoms with E-state index in [1.807, 2.05) is 0 Å². The minimum atomic E-state index is 0.639. The van der Waals surface area contributed by atoms with Crippen molar-refractivity contribution in [3.05, 3.63) is 0 Å². The number of nitrogens with one attached hydrogen (secondary N) is 1. The summed E-state index contributed by atoms with van der Waals surface area (Å²) in [6, 6.07) is 0.639. The van der Waals surface area contributed by atoms with Crippen LogP contribution in [-0.2, 0) is 0 Å². The fraction of sp³-hybridized carbons (Fsp3) is 1.00. The van der Waals surface area contributed by atoms with Crippen LogP contribution in [0.15, 0.2) is 0 Å². The van der Waals surface area contributed by atoms with Crippen molar-refractivity contribution in [2.24, 2.45) is 35.5 Å². The highest BCUT2D eigenvalue weighted by Gasteiger charge is 2.37. The largest absolute Gasteiger partial charge is 0.314 e. The molecule has 0 spiro atoms. The highest BCUT2D eigenvalue weighted by atomic mass is 14.9. The highest BCUT2D eigenvalue weighted by molar-refractivity contribution is 4.89. The molecule has 1 heteroatoms. The molecule has 0 aromatic carbocycles. The summed E-state index contributed by atoms with van der Waals surface area (Å²) in [4.78, 5) is 0. The van der Waals surface area contributed by atoms with Crippen molar-refractivity contribution in [1.82, 2.24) is 5.32 Å². The van der Waals surface area contributed by atoms with Crippen LogP contribution in [0.3, 0.4) is 0 Å². The Hall–Kier alpha value is -0.0400. The number of hydrogen-bond acceptors (Lipinski definition) is 1. The summed E-state index contributed by atoms with van der Waals surface area (Å²) in [5, 5.41) is 3.74. The monoisotopic (exact) mass is 293 g/mol. The van der Waals surface area contributed by atoms with Crippen molar-refractivity contribution >= 4 is 0 Å². The standard InChI is InChI=1S/C20H39N/c1-6-17-8-10-19(13-21-14(2)3)20(12-17)18-9-7-15(4)16(5)11-18/h14-21H,6-13H2,1-5H3. The van der Waals surface area contributed by atoms with Gasteiger partial charge in [0.05, 0.1) is 0 Å². The van der Waals surface area contributed by atoms with Crippen LogP contribution < -0.4 is 5.32 Å². The van der Waals surface area contributed by atoms with Gasteiger partial charge < -0.3 is 5.32 Å². The van der Waals surface area contributed by atoms with Crippen LogP contribution in [0.1, 0.15) is 79.6 Å². The van der Waals surface area contributed by atoms with Crippen LogP contribution in [0, 0.1) is 35.5 Å². The van der Waals surface area contributed by atoms with Gasteiger partial charge >= 0.3 is 0 Å². The van der Waals surface area contributed by atoms with Crippen LogP contribution in [0.25, 0.3) is 0 Å². The average molecular weight is 294 g/mol. The molecule has 2 fully saturated rings. The topological polar surface area (TPSA) is 12.0 Å². The molecule has 0 amide bonds. The molecule has 6 unspecified atom stereocenters. The first kappa shape index (κ1) is 17.3. The van der Waals surface area contributed by atoms with E-state index in [2.05, 4.69) is 39.9 Å². The van der Waals surface area contributed by atoms with Crippen LogP contribution in [0.2, 0.25) is 0 Å². The van der Waals surface area contributed by atoms with E-state index < -0.39 is 0 Å². The zero-order valence-corrected chi connectivity index (χ0v) is 15.2. The van der Waals surface area contributed by atoms with Crippen molar-refractivity contribution in [3.8, 4) is 0 Å². The molecule has 2 rings (SSSR count). The van der Waals surface area contributed by atoms with Gasteiger partial charge in [0.2, 0.25) is 0 Å². The number of hydrogen-bond donors (Lipinski definition) is 1. The van der Waals surface area contributed by atoms with E-state index in [4.69, 9.17) is 0 Å². The van der Waals surface area contributed by atoms with Crippen LogP contribution in [0.5, 0.6) is 0 Å². The van der Waals surface area contributed by atoms with Crippen molar-refractivity contribution in [1.29, 1.82) is 0 Å². The van der Waals surface area contributed by atoms with Crippen LogP contribution in [-0.4, -0.2) is 12.6 Å². The predicted octanol–water partition coefficient (Wildman–Crippen LogP) is 5.50. The summed E-state index contributed by atoms with van der Waals surface area (Å²) >= 11 is 0. The third-order valence-electron chi connectivity index (χ3n) is 6.77. The summed E-state index contributed by atoms with van der Waals surface area (Å²) in [5.41, 5.74) is 0. The van der Waals surface area contributed by atoms with Gasteiger partial charge in [-0.2, -0.15) is 0 Å². The third kappa shape index (κ3) is 4.71. The maximum absolute atomic E-state index is 3.74. The van der Waals surface area contributed by atoms with Gasteiger partial charge in [-0.25, -0.2) is 0 Å². The Morgan fingerprint density at radius 2 is 1.71 bits per heavy atom. The smallest absolute Gasteiger partial charge is 0.00104 e. The minimum Gasteiger partial charge on any atom is -0.314 e. The Kier molecular flexibility index (Phi) is 6.59. The fourth-order valence-electron chi connectivity index (χ4n) is 4.93. The van der Waals surface area contributed by atoms with Gasteiger partial charge in [0.25, 0.3) is 0 Å². The molecule has 0 heterocycles. The Labute approximate surface area is 133 Å². The van der Waals surface area contributed by atoms with Crippen LogP contribution >= 0.6 is 0 Å². The molecule has 0 aromatic rings. The van der Waals surface area contributed by atoms with E-state index >= 15 is 0 Å². The van der Waals surface area contributed by atoms with Gasteiger partial charge in [-0.1, -0.05) is 53.9 Å². The second kappa shape index (κ2) is 7.99. The quantitative estimate of drug-likeness (QED) is 0.706. The molecule has 21 heavy (non-hydrogen) atoms. The summed E-state index contributed by atoms with van der Waals surface area (Å²) in [7, 11) is 0. The molecule has 124 valence electrons. The molecular formula is C20H39N. The molecule has 2 aliphatic carbocycles. The molecule has 0 bridgehead atoms. The van der Waals surface area contributed by atoms with Gasteiger partial charge in [0.1, 0.15) is 0 Å². The van der Waals surface area contributed by atoms with Crippen molar-refractivity contribution < 1.29 is 0 Å². The Balaban J connectivity index is 1.98. The predicted molar refractivity (Wildman–Crippen MR) is 93.4 cm³/mol. The van der Waals surface area contributed by atoms with E-state index in [0.29, 0.717) is 6.04 Å². The lowest BCUT2D eigenvalue weighted by Crippen LogP contribution is -2.40. The van der Waals surface area contributed by atoms with Gasteiger partial charge in [-0.15, -0.1) is 0 Å². The van der Waals surface area contributed by atoms with Gasteiger partial charge in [-0.05, 0) is 67.7 Å². The molecule has 0 radical (unpaired) electrons. The molecule has 1 nitrogen and oxygen atoms in total. The molecule has 0 aliphatic heterocycles. The SMILES string of the molecule is CCC1CCC(CNC(C)C)C(C2CCC(C)C(C)C2)C1. The van der Waals surface area contributed by atoms with Gasteiger partial charge in [0, 0.05) is 6.04 Å². The number of rotatable bonds is 5. The molecule has 1 N–H and O–H groups in total. The summed E-state index contributed by atoms with van der Waals surface area (Å²) in [6.07, 6.45) is 10.4. The lowest BCUT2D eigenvalue weighted by atomic mass is 9.62. The molecule has 0 aromatic heterocycles. The van der Waals surface area contributed by atoms with Crippen molar-refractivity contribution in [2.45, 2.75) is 85.6 Å². The minimum absolute atomic E-state index is 0.639. The molecule has 6 atom stereocenters. The van der Waals surface area contributed by atoms with E-state index in [9.17, 15) is 0 Å². The second-order valence-electron chi connectivity index (χ2n) is 8.60. The first-order valence-electron chi connectivity index (χ1n) is 9.74. The molecule has 2 aliphatic rings. The fourth-order valence-corrected chi connectivity index (χ4v) is 4.93. The van der Waals surface area contributed by atoms with Gasteiger partial charge in [-0.3, -0.25) is 0 Å². The summed E-state index contributed by atoms with van der Waals surface area (Å²) in [6.45, 7) is 13.2. The van der Waals surface area contributed by atoms with E-state index in [1.165, 1.54) is 51.5 Å². The molecular weight excluding hydrogens is 254 g/mol. The third-order valence-corrected chi connectivity index (χ3v) is 6.77. The Bertz CT molecular complexity index is 298. The Morgan fingerprint density at radius 3 is 2.33 bits per heavy atom. The first-order chi connectivity index (χ1) is 10.0. The second-order valence-corrected chi connectivity index (χ2v) is 8.60. The van der Waals surface area contributed by atoms with Gasteiger partial charge in [0.15, 0.2) is 0 Å². The lowest BCUT2D eigenvalue weighted by molar-refractivity contribution is 0.0647. The summed E-state index contributed by atoms with van der Waals surface area (Å²) in [5.74, 6) is 5.89.